The molecule has 2 heterocycles. The maximum atomic E-state index is 12.4. The maximum Gasteiger partial charge on any atom is 0.254 e. The van der Waals surface area contributed by atoms with Gasteiger partial charge in [-0.15, -0.1) is 21.8 Å². The number of aryl methyl sites for hydroxylation is 1. The molecule has 3 rings (SSSR count). The van der Waals surface area contributed by atoms with E-state index in [0.29, 0.717) is 18.0 Å². The van der Waals surface area contributed by atoms with Gasteiger partial charge in [-0.05, 0) is 24.1 Å². The number of fused-ring (bicyclic) bond motifs is 1. The van der Waals surface area contributed by atoms with Crippen molar-refractivity contribution in [1.29, 1.82) is 0 Å². The zero-order valence-corrected chi connectivity index (χ0v) is 12.7. The van der Waals surface area contributed by atoms with Gasteiger partial charge in [0.25, 0.3) is 5.91 Å². The first kappa shape index (κ1) is 14.1. The molecule has 0 bridgehead atoms. The second-order valence-electron chi connectivity index (χ2n) is 5.28. The predicted molar refractivity (Wildman–Crippen MR) is 80.1 cm³/mol. The molecule has 1 aliphatic heterocycles. The molecule has 1 aliphatic rings. The van der Waals surface area contributed by atoms with E-state index in [1.165, 1.54) is 0 Å². The number of alkyl halides is 1. The van der Waals surface area contributed by atoms with Crippen LogP contribution in [0.25, 0.3) is 0 Å². The first-order chi connectivity index (χ1) is 10.2. The van der Waals surface area contributed by atoms with Gasteiger partial charge in [0.05, 0.1) is 6.54 Å². The average molecular weight is 305 g/mol. The topological polar surface area (TPSA) is 51.0 Å². The fraction of sp³-hybridized carbons (Fsp3) is 0.400. The minimum absolute atomic E-state index is 0.0218. The van der Waals surface area contributed by atoms with Crippen LogP contribution in [0.1, 0.15) is 34.0 Å². The highest BCUT2D eigenvalue weighted by molar-refractivity contribution is 6.17. The number of nitrogens with zero attached hydrogens (tertiary/aromatic N) is 4. The van der Waals surface area contributed by atoms with Gasteiger partial charge in [-0.3, -0.25) is 4.79 Å². The number of carbonyl (C=O) groups is 1. The van der Waals surface area contributed by atoms with E-state index in [4.69, 9.17) is 11.6 Å². The van der Waals surface area contributed by atoms with E-state index in [2.05, 4.69) is 14.8 Å². The van der Waals surface area contributed by atoms with E-state index < -0.39 is 0 Å². The fourth-order valence-corrected chi connectivity index (χ4v) is 2.75. The Morgan fingerprint density at radius 3 is 2.81 bits per heavy atom. The van der Waals surface area contributed by atoms with Crippen LogP contribution >= 0.6 is 11.6 Å². The Kier molecular flexibility index (Phi) is 3.92. The third-order valence-corrected chi connectivity index (χ3v) is 4.08. The van der Waals surface area contributed by atoms with Gasteiger partial charge in [-0.25, -0.2) is 0 Å². The SMILES string of the molecule is CN(Cc1nnc2n1CCC2)C(=O)c1ccc(CCl)cc1. The molecular weight excluding hydrogens is 288 g/mol. The number of hydrogen-bond acceptors (Lipinski definition) is 3. The van der Waals surface area contributed by atoms with Crippen LogP contribution in [0.5, 0.6) is 0 Å². The Bertz CT molecular complexity index is 650. The van der Waals surface area contributed by atoms with Crippen molar-refractivity contribution in [1.82, 2.24) is 19.7 Å². The number of amides is 1. The molecule has 0 N–H and O–H groups in total. The average Bonchev–Trinajstić information content (AvgIpc) is 3.11. The summed E-state index contributed by atoms with van der Waals surface area (Å²) in [5.41, 5.74) is 1.67. The quantitative estimate of drug-likeness (QED) is 0.814. The monoisotopic (exact) mass is 304 g/mol. The number of rotatable bonds is 4. The number of hydrogen-bond donors (Lipinski definition) is 0. The maximum absolute atomic E-state index is 12.4. The summed E-state index contributed by atoms with van der Waals surface area (Å²) in [5, 5.41) is 8.35. The normalized spacial score (nSPS) is 13.2. The second kappa shape index (κ2) is 5.85. The lowest BCUT2D eigenvalue weighted by Gasteiger charge is -2.17. The Balaban J connectivity index is 1.71. The van der Waals surface area contributed by atoms with Crippen LogP contribution in [0.2, 0.25) is 0 Å². The zero-order valence-electron chi connectivity index (χ0n) is 11.9. The minimum Gasteiger partial charge on any atom is -0.334 e. The zero-order chi connectivity index (χ0) is 14.8. The summed E-state index contributed by atoms with van der Waals surface area (Å²) in [6.45, 7) is 1.42. The van der Waals surface area contributed by atoms with Crippen molar-refractivity contribution in [3.05, 3.63) is 47.0 Å². The Morgan fingerprint density at radius 2 is 2.10 bits per heavy atom. The lowest BCUT2D eigenvalue weighted by atomic mass is 10.1. The third kappa shape index (κ3) is 2.78. The molecule has 0 saturated carbocycles. The minimum atomic E-state index is -0.0218. The van der Waals surface area contributed by atoms with E-state index in [1.807, 2.05) is 24.3 Å². The molecular formula is C15H17ClN4O. The van der Waals surface area contributed by atoms with E-state index in [9.17, 15) is 4.79 Å². The van der Waals surface area contributed by atoms with Crippen molar-refractivity contribution >= 4 is 17.5 Å². The van der Waals surface area contributed by atoms with Crippen LogP contribution in [0.3, 0.4) is 0 Å². The summed E-state index contributed by atoms with van der Waals surface area (Å²) < 4.78 is 2.11. The number of carbonyl (C=O) groups excluding carboxylic acids is 1. The molecule has 6 heteroatoms. The van der Waals surface area contributed by atoms with E-state index >= 15 is 0 Å². The smallest absolute Gasteiger partial charge is 0.254 e. The van der Waals surface area contributed by atoms with Crippen LogP contribution < -0.4 is 0 Å². The number of halogens is 1. The molecule has 0 unspecified atom stereocenters. The van der Waals surface area contributed by atoms with Crippen molar-refractivity contribution < 1.29 is 4.79 Å². The van der Waals surface area contributed by atoms with Gasteiger partial charge in [-0.2, -0.15) is 0 Å². The Labute approximate surface area is 128 Å². The highest BCUT2D eigenvalue weighted by Crippen LogP contribution is 2.16. The summed E-state index contributed by atoms with van der Waals surface area (Å²) in [5.74, 6) is 2.32. The molecule has 0 aliphatic carbocycles. The van der Waals surface area contributed by atoms with E-state index in [1.54, 1.807) is 11.9 Å². The number of benzene rings is 1. The summed E-state index contributed by atoms with van der Waals surface area (Å²) in [6.07, 6.45) is 2.08. The molecule has 0 spiro atoms. The second-order valence-corrected chi connectivity index (χ2v) is 5.55. The molecule has 0 fully saturated rings. The van der Waals surface area contributed by atoms with E-state index in [-0.39, 0.29) is 5.91 Å². The summed E-state index contributed by atoms with van der Waals surface area (Å²) in [4.78, 5) is 14.1. The predicted octanol–water partition coefficient (Wildman–Crippen LogP) is 2.24. The van der Waals surface area contributed by atoms with Gasteiger partial charge in [0.15, 0.2) is 5.82 Å². The van der Waals surface area contributed by atoms with Crippen LogP contribution in [-0.4, -0.2) is 32.6 Å². The van der Waals surface area contributed by atoms with Crippen LogP contribution in [-0.2, 0) is 25.4 Å². The van der Waals surface area contributed by atoms with Crippen molar-refractivity contribution in [3.8, 4) is 0 Å². The summed E-state index contributed by atoms with van der Waals surface area (Å²) in [6, 6.07) is 7.38. The molecule has 1 aromatic heterocycles. The molecule has 5 nitrogen and oxygen atoms in total. The highest BCUT2D eigenvalue weighted by atomic mass is 35.5. The molecule has 21 heavy (non-hydrogen) atoms. The molecule has 0 atom stereocenters. The molecule has 0 radical (unpaired) electrons. The van der Waals surface area contributed by atoms with E-state index in [0.717, 1.165) is 36.6 Å². The van der Waals surface area contributed by atoms with Crippen molar-refractivity contribution in [3.63, 3.8) is 0 Å². The van der Waals surface area contributed by atoms with Gasteiger partial charge >= 0.3 is 0 Å². The Hall–Kier alpha value is -1.88. The number of aromatic nitrogens is 3. The lowest BCUT2D eigenvalue weighted by Crippen LogP contribution is -2.27. The third-order valence-electron chi connectivity index (χ3n) is 3.77. The van der Waals surface area contributed by atoms with Crippen molar-refractivity contribution in [2.75, 3.05) is 7.05 Å². The highest BCUT2D eigenvalue weighted by Gasteiger charge is 2.20. The molecule has 1 amide bonds. The molecule has 110 valence electrons. The summed E-state index contributed by atoms with van der Waals surface area (Å²) >= 11 is 5.76. The first-order valence-corrected chi connectivity index (χ1v) is 7.54. The van der Waals surface area contributed by atoms with Gasteiger partial charge in [0, 0.05) is 31.5 Å². The fourth-order valence-electron chi connectivity index (χ4n) is 2.57. The Morgan fingerprint density at radius 1 is 1.33 bits per heavy atom. The standard InChI is InChI=1S/C15H17ClN4O/c1-19(10-14-18-17-13-3-2-8-20(13)14)15(21)12-6-4-11(9-16)5-7-12/h4-7H,2-3,8-10H2,1H3. The largest absolute Gasteiger partial charge is 0.334 e. The first-order valence-electron chi connectivity index (χ1n) is 7.00. The van der Waals surface area contributed by atoms with Crippen molar-refractivity contribution in [2.45, 2.75) is 31.8 Å². The lowest BCUT2D eigenvalue weighted by molar-refractivity contribution is 0.0780. The molecule has 1 aromatic carbocycles. The molecule has 0 saturated heterocycles. The van der Waals surface area contributed by atoms with Crippen LogP contribution in [0, 0.1) is 0 Å². The van der Waals surface area contributed by atoms with Crippen molar-refractivity contribution in [2.24, 2.45) is 0 Å². The van der Waals surface area contributed by atoms with Gasteiger partial charge < -0.3 is 9.47 Å². The van der Waals surface area contributed by atoms with Gasteiger partial charge in [-0.1, -0.05) is 12.1 Å². The van der Waals surface area contributed by atoms with Crippen LogP contribution in [0.4, 0.5) is 0 Å². The van der Waals surface area contributed by atoms with Crippen LogP contribution in [0.15, 0.2) is 24.3 Å². The summed E-state index contributed by atoms with van der Waals surface area (Å²) in [7, 11) is 1.79. The van der Waals surface area contributed by atoms with Gasteiger partial charge in [0.2, 0.25) is 0 Å². The molecule has 2 aromatic rings. The van der Waals surface area contributed by atoms with Gasteiger partial charge in [0.1, 0.15) is 5.82 Å².